The molecular formula is C25H35N3O3. The van der Waals surface area contributed by atoms with Crippen LogP contribution in [0.3, 0.4) is 0 Å². The molecule has 1 aliphatic carbocycles. The Morgan fingerprint density at radius 1 is 1.26 bits per heavy atom. The quantitative estimate of drug-likeness (QED) is 0.564. The molecule has 1 aromatic carbocycles. The molecule has 3 rings (SSSR count). The summed E-state index contributed by atoms with van der Waals surface area (Å²) in [4.78, 5) is 16.6. The zero-order valence-corrected chi connectivity index (χ0v) is 19.0. The summed E-state index contributed by atoms with van der Waals surface area (Å²) in [5.74, 6) is 3.16. The van der Waals surface area contributed by atoms with Crippen molar-refractivity contribution in [3.63, 3.8) is 0 Å². The molecular weight excluding hydrogens is 390 g/mol. The molecule has 2 aromatic rings. The van der Waals surface area contributed by atoms with Gasteiger partial charge >= 0.3 is 0 Å². The standard InChI is InChI=1S/C25H35N3O3/c1-4-5-24-26-14-15-28(24)16-17-31-22-12-8-20(18-23(22)30-3)9-13-25(29)27-21-10-6-19(2)7-11-21/h8-9,12-15,18-19,21H,4-7,10-11,16-17H2,1-3H3,(H,27,29)/b13-9+. The van der Waals surface area contributed by atoms with Crippen LogP contribution in [0.25, 0.3) is 6.08 Å². The van der Waals surface area contributed by atoms with E-state index in [1.807, 2.05) is 36.7 Å². The summed E-state index contributed by atoms with van der Waals surface area (Å²) >= 11 is 0. The highest BCUT2D eigenvalue weighted by Crippen LogP contribution is 2.29. The van der Waals surface area contributed by atoms with Gasteiger partial charge < -0.3 is 19.4 Å². The fourth-order valence-corrected chi connectivity index (χ4v) is 3.98. The molecule has 31 heavy (non-hydrogen) atoms. The number of hydrogen-bond acceptors (Lipinski definition) is 4. The summed E-state index contributed by atoms with van der Waals surface area (Å²) in [7, 11) is 1.63. The SMILES string of the molecule is CCCc1nccn1CCOc1ccc(/C=C/C(=O)NC2CCC(C)CC2)cc1OC. The lowest BCUT2D eigenvalue weighted by atomic mass is 9.87. The molecule has 0 atom stereocenters. The van der Waals surface area contributed by atoms with Gasteiger partial charge in [0.2, 0.25) is 5.91 Å². The summed E-state index contributed by atoms with van der Waals surface area (Å²) in [6.45, 7) is 5.69. The van der Waals surface area contributed by atoms with Gasteiger partial charge in [-0.1, -0.05) is 19.9 Å². The van der Waals surface area contributed by atoms with Gasteiger partial charge in [-0.2, -0.15) is 0 Å². The van der Waals surface area contributed by atoms with Gasteiger partial charge in [-0.3, -0.25) is 4.79 Å². The molecule has 0 radical (unpaired) electrons. The average Bonchev–Trinajstić information content (AvgIpc) is 3.21. The minimum absolute atomic E-state index is 0.0398. The van der Waals surface area contributed by atoms with Crippen LogP contribution in [-0.4, -0.2) is 35.2 Å². The van der Waals surface area contributed by atoms with Crippen LogP contribution in [0.5, 0.6) is 11.5 Å². The number of nitrogens with zero attached hydrogens (tertiary/aromatic N) is 2. The second-order valence-electron chi connectivity index (χ2n) is 8.34. The minimum atomic E-state index is -0.0398. The number of hydrogen-bond donors (Lipinski definition) is 1. The molecule has 6 nitrogen and oxygen atoms in total. The Balaban J connectivity index is 1.52. The van der Waals surface area contributed by atoms with E-state index in [2.05, 4.69) is 28.7 Å². The Morgan fingerprint density at radius 3 is 2.81 bits per heavy atom. The molecule has 0 aliphatic heterocycles. The molecule has 1 N–H and O–H groups in total. The van der Waals surface area contributed by atoms with Crippen LogP contribution in [-0.2, 0) is 17.8 Å². The summed E-state index contributed by atoms with van der Waals surface area (Å²) in [6, 6.07) is 6.01. The lowest BCUT2D eigenvalue weighted by molar-refractivity contribution is -0.117. The second kappa shape index (κ2) is 11.6. The maximum atomic E-state index is 12.3. The van der Waals surface area contributed by atoms with Crippen LogP contribution in [0.1, 0.15) is 57.3 Å². The number of carbonyl (C=O) groups is 1. The summed E-state index contributed by atoms with van der Waals surface area (Å²) in [6.07, 6.45) is 13.8. The first kappa shape index (κ1) is 22.9. The third-order valence-corrected chi connectivity index (χ3v) is 5.84. The molecule has 168 valence electrons. The van der Waals surface area contributed by atoms with Crippen LogP contribution in [0.15, 0.2) is 36.7 Å². The fraction of sp³-hybridized carbons (Fsp3) is 0.520. The maximum Gasteiger partial charge on any atom is 0.244 e. The van der Waals surface area contributed by atoms with Crippen molar-refractivity contribution in [2.75, 3.05) is 13.7 Å². The molecule has 1 heterocycles. The van der Waals surface area contributed by atoms with Crippen molar-refractivity contribution in [3.8, 4) is 11.5 Å². The minimum Gasteiger partial charge on any atom is -0.493 e. The highest BCUT2D eigenvalue weighted by Gasteiger charge is 2.18. The first-order valence-electron chi connectivity index (χ1n) is 11.4. The van der Waals surface area contributed by atoms with Crippen molar-refractivity contribution in [1.82, 2.24) is 14.9 Å². The molecule has 0 spiro atoms. The van der Waals surface area contributed by atoms with E-state index in [9.17, 15) is 4.79 Å². The van der Waals surface area contributed by atoms with E-state index in [4.69, 9.17) is 9.47 Å². The maximum absolute atomic E-state index is 12.3. The Kier molecular flexibility index (Phi) is 8.56. The van der Waals surface area contributed by atoms with Gasteiger partial charge in [0.1, 0.15) is 12.4 Å². The summed E-state index contributed by atoms with van der Waals surface area (Å²) in [5, 5.41) is 3.12. The highest BCUT2D eigenvalue weighted by molar-refractivity contribution is 5.92. The number of benzene rings is 1. The van der Waals surface area contributed by atoms with Crippen molar-refractivity contribution in [3.05, 3.63) is 48.1 Å². The van der Waals surface area contributed by atoms with Crippen molar-refractivity contribution >= 4 is 12.0 Å². The fourth-order valence-electron chi connectivity index (χ4n) is 3.98. The smallest absolute Gasteiger partial charge is 0.244 e. The molecule has 1 saturated carbocycles. The molecule has 0 bridgehead atoms. The van der Waals surface area contributed by atoms with Crippen molar-refractivity contribution < 1.29 is 14.3 Å². The van der Waals surface area contributed by atoms with E-state index in [1.54, 1.807) is 13.2 Å². The number of imidazole rings is 1. The third kappa shape index (κ3) is 6.88. The molecule has 0 unspecified atom stereocenters. The lowest BCUT2D eigenvalue weighted by Gasteiger charge is -2.26. The van der Waals surface area contributed by atoms with Crippen LogP contribution in [0.2, 0.25) is 0 Å². The van der Waals surface area contributed by atoms with E-state index < -0.39 is 0 Å². The largest absolute Gasteiger partial charge is 0.493 e. The summed E-state index contributed by atoms with van der Waals surface area (Å²) < 4.78 is 13.6. The molecule has 1 aromatic heterocycles. The second-order valence-corrected chi connectivity index (χ2v) is 8.34. The van der Waals surface area contributed by atoms with E-state index in [0.29, 0.717) is 24.1 Å². The number of ether oxygens (including phenoxy) is 2. The van der Waals surface area contributed by atoms with Crippen LogP contribution in [0, 0.1) is 5.92 Å². The van der Waals surface area contributed by atoms with Gasteiger partial charge in [0.05, 0.1) is 13.7 Å². The summed E-state index contributed by atoms with van der Waals surface area (Å²) in [5.41, 5.74) is 0.899. The van der Waals surface area contributed by atoms with Crippen LogP contribution >= 0.6 is 0 Å². The predicted molar refractivity (Wildman–Crippen MR) is 123 cm³/mol. The number of nitrogens with one attached hydrogen (secondary N) is 1. The van der Waals surface area contributed by atoms with Gasteiger partial charge in [0.25, 0.3) is 0 Å². The van der Waals surface area contributed by atoms with E-state index in [-0.39, 0.29) is 5.91 Å². The lowest BCUT2D eigenvalue weighted by Crippen LogP contribution is -2.36. The number of aromatic nitrogens is 2. The Labute approximate surface area is 185 Å². The van der Waals surface area contributed by atoms with Gasteiger partial charge in [-0.25, -0.2) is 4.98 Å². The monoisotopic (exact) mass is 425 g/mol. The molecule has 1 fully saturated rings. The van der Waals surface area contributed by atoms with E-state index >= 15 is 0 Å². The van der Waals surface area contributed by atoms with Crippen molar-refractivity contribution in [1.29, 1.82) is 0 Å². The first-order valence-corrected chi connectivity index (χ1v) is 11.4. The van der Waals surface area contributed by atoms with E-state index in [1.165, 1.54) is 12.8 Å². The average molecular weight is 426 g/mol. The number of methoxy groups -OCH3 is 1. The van der Waals surface area contributed by atoms with Crippen LogP contribution in [0.4, 0.5) is 0 Å². The molecule has 6 heteroatoms. The first-order chi connectivity index (χ1) is 15.1. The number of rotatable bonds is 10. The Bertz CT molecular complexity index is 867. The topological polar surface area (TPSA) is 65.4 Å². The highest BCUT2D eigenvalue weighted by atomic mass is 16.5. The molecule has 0 saturated heterocycles. The zero-order valence-electron chi connectivity index (χ0n) is 19.0. The predicted octanol–water partition coefficient (Wildman–Crippen LogP) is 4.63. The number of amides is 1. The normalized spacial score (nSPS) is 18.8. The van der Waals surface area contributed by atoms with Crippen molar-refractivity contribution in [2.24, 2.45) is 5.92 Å². The zero-order chi connectivity index (χ0) is 22.1. The van der Waals surface area contributed by atoms with E-state index in [0.717, 1.165) is 49.5 Å². The Morgan fingerprint density at radius 2 is 2.06 bits per heavy atom. The van der Waals surface area contributed by atoms with Gasteiger partial charge in [-0.15, -0.1) is 0 Å². The van der Waals surface area contributed by atoms with Gasteiger partial charge in [0.15, 0.2) is 11.5 Å². The molecule has 1 aliphatic rings. The Hall–Kier alpha value is -2.76. The molecule has 1 amide bonds. The number of aryl methyl sites for hydroxylation is 1. The van der Waals surface area contributed by atoms with Gasteiger partial charge in [-0.05, 0) is 61.8 Å². The van der Waals surface area contributed by atoms with Crippen molar-refractivity contribution in [2.45, 2.75) is 65.0 Å². The number of carbonyl (C=O) groups excluding carboxylic acids is 1. The van der Waals surface area contributed by atoms with Gasteiger partial charge in [0, 0.05) is 30.9 Å². The third-order valence-electron chi connectivity index (χ3n) is 5.84. The van der Waals surface area contributed by atoms with Crippen LogP contribution < -0.4 is 14.8 Å².